The van der Waals surface area contributed by atoms with E-state index in [0.29, 0.717) is 13.1 Å². The summed E-state index contributed by atoms with van der Waals surface area (Å²) in [6.07, 6.45) is 1.69. The summed E-state index contributed by atoms with van der Waals surface area (Å²) in [7, 11) is 0. The molecule has 0 saturated carbocycles. The topological polar surface area (TPSA) is 186 Å². The van der Waals surface area contributed by atoms with Crippen molar-refractivity contribution < 1.29 is 14.7 Å². The van der Waals surface area contributed by atoms with Gasteiger partial charge in [-0.25, -0.2) is 19.8 Å². The number of carbonyl (C=O) groups excluding carboxylic acids is 1. The number of likely N-dealkylation sites (tertiary alicyclic amines) is 1. The van der Waals surface area contributed by atoms with Crippen LogP contribution in [-0.4, -0.2) is 56.9 Å². The molecule has 0 unspecified atom stereocenters. The molecule has 1 amide bonds. The molecule has 0 spiro atoms. The Kier molecular flexibility index (Phi) is 6.88. The number of rotatable bonds is 5. The van der Waals surface area contributed by atoms with E-state index in [2.05, 4.69) is 25.2 Å². The molecule has 0 aliphatic carbocycles. The smallest absolute Gasteiger partial charge is 0.335 e. The van der Waals surface area contributed by atoms with E-state index in [1.165, 1.54) is 0 Å². The molecule has 2 heterocycles. The van der Waals surface area contributed by atoms with Crippen molar-refractivity contribution in [3.05, 3.63) is 46.2 Å². The molecule has 1 aliphatic rings. The molecule has 8 N–H and O–H groups in total. The third kappa shape index (κ3) is 5.80. The largest absolute Gasteiger partial charge is 0.478 e. The lowest BCUT2D eigenvalue weighted by molar-refractivity contribution is 0.0696. The number of carbonyl (C=O) groups is 2. The molecule has 31 heavy (non-hydrogen) atoms. The van der Waals surface area contributed by atoms with E-state index in [9.17, 15) is 9.59 Å². The molecule has 2 aromatic rings. The normalized spacial score (nSPS) is 17.3. The van der Waals surface area contributed by atoms with Crippen molar-refractivity contribution in [2.24, 2.45) is 10.7 Å². The van der Waals surface area contributed by atoms with Crippen molar-refractivity contribution in [3.8, 4) is 0 Å². The number of halogens is 1. The van der Waals surface area contributed by atoms with E-state index in [-0.39, 0.29) is 40.0 Å². The maximum absolute atomic E-state index is 12.4. The number of piperidine rings is 1. The lowest BCUT2D eigenvalue weighted by atomic mass is 10.0. The third-order valence-electron chi connectivity index (χ3n) is 4.74. The van der Waals surface area contributed by atoms with Crippen molar-refractivity contribution >= 4 is 41.1 Å². The zero-order valence-corrected chi connectivity index (χ0v) is 17.3. The van der Waals surface area contributed by atoms with Crippen molar-refractivity contribution in [2.45, 2.75) is 25.4 Å². The van der Waals surface area contributed by atoms with Crippen LogP contribution in [0.4, 0.5) is 11.6 Å². The average molecular weight is 447 g/mol. The molecule has 1 atom stereocenters. The van der Waals surface area contributed by atoms with Crippen molar-refractivity contribution in [1.29, 1.82) is 0 Å². The number of hydrogen-bond donors (Lipinski definition) is 5. The van der Waals surface area contributed by atoms with Crippen LogP contribution < -0.4 is 22.5 Å². The summed E-state index contributed by atoms with van der Waals surface area (Å²) in [5, 5.41) is 11.5. The summed E-state index contributed by atoms with van der Waals surface area (Å²) in [5.41, 5.74) is 18.0. The van der Waals surface area contributed by atoms with E-state index < -0.39 is 11.9 Å². The maximum Gasteiger partial charge on any atom is 0.335 e. The van der Waals surface area contributed by atoms with Crippen LogP contribution >= 0.6 is 11.6 Å². The summed E-state index contributed by atoms with van der Waals surface area (Å²) < 4.78 is 0. The first-order valence-electron chi connectivity index (χ1n) is 9.50. The lowest BCUT2D eigenvalue weighted by Gasteiger charge is -2.31. The molecule has 0 bridgehead atoms. The molecule has 3 rings (SSSR count). The van der Waals surface area contributed by atoms with Gasteiger partial charge in [0, 0.05) is 13.1 Å². The number of carboxylic acids is 1. The van der Waals surface area contributed by atoms with Crippen LogP contribution in [0.2, 0.25) is 5.15 Å². The Labute approximate surface area is 183 Å². The fourth-order valence-corrected chi connectivity index (χ4v) is 3.48. The molecule has 12 heteroatoms. The van der Waals surface area contributed by atoms with E-state index in [1.54, 1.807) is 18.2 Å². The lowest BCUT2D eigenvalue weighted by Crippen LogP contribution is -2.42. The molecular formula is C19H23ClN8O3. The van der Waals surface area contributed by atoms with Crippen LogP contribution in [0.1, 0.15) is 39.3 Å². The second-order valence-electron chi connectivity index (χ2n) is 7.14. The first kappa shape index (κ1) is 22.2. The highest BCUT2D eigenvalue weighted by atomic mass is 35.5. The fraction of sp³-hybridized carbons (Fsp3) is 0.316. The number of aromatic carboxylic acids is 1. The number of hydrogen-bond acceptors (Lipinski definition) is 8. The van der Waals surface area contributed by atoms with Crippen molar-refractivity contribution in [1.82, 2.24) is 20.2 Å². The summed E-state index contributed by atoms with van der Waals surface area (Å²) >= 11 is 5.80. The second kappa shape index (κ2) is 9.58. The van der Waals surface area contributed by atoms with Gasteiger partial charge < -0.3 is 22.3 Å². The Morgan fingerprint density at radius 3 is 2.81 bits per heavy atom. The zero-order valence-electron chi connectivity index (χ0n) is 16.6. The van der Waals surface area contributed by atoms with Crippen LogP contribution in [0.3, 0.4) is 0 Å². The van der Waals surface area contributed by atoms with Gasteiger partial charge in [-0.3, -0.25) is 15.0 Å². The number of nitrogens with one attached hydrogen (secondary N) is 1. The predicted molar refractivity (Wildman–Crippen MR) is 117 cm³/mol. The fourth-order valence-electron chi connectivity index (χ4n) is 3.35. The Hall–Kier alpha value is -3.44. The van der Waals surface area contributed by atoms with Crippen LogP contribution in [0.25, 0.3) is 0 Å². The molecule has 1 aliphatic heterocycles. The van der Waals surface area contributed by atoms with Gasteiger partial charge in [-0.05, 0) is 37.1 Å². The van der Waals surface area contributed by atoms with Gasteiger partial charge in [0.25, 0.3) is 5.91 Å². The molecule has 1 saturated heterocycles. The Morgan fingerprint density at radius 2 is 2.06 bits per heavy atom. The van der Waals surface area contributed by atoms with Gasteiger partial charge >= 0.3 is 5.97 Å². The van der Waals surface area contributed by atoms with E-state index in [1.807, 2.05) is 6.07 Å². The van der Waals surface area contributed by atoms with Gasteiger partial charge in [0.15, 0.2) is 28.4 Å². The first-order chi connectivity index (χ1) is 14.7. The molecule has 0 radical (unpaired) electrons. The van der Waals surface area contributed by atoms with Gasteiger partial charge in [0.05, 0.1) is 11.6 Å². The van der Waals surface area contributed by atoms with Crippen LogP contribution in [0.15, 0.2) is 29.3 Å². The predicted octanol–water partition coefficient (Wildman–Crippen LogP) is 0.702. The summed E-state index contributed by atoms with van der Waals surface area (Å²) in [6.45, 7) is 2.06. The Balaban J connectivity index is 1.62. The van der Waals surface area contributed by atoms with Gasteiger partial charge in [-0.2, -0.15) is 0 Å². The Morgan fingerprint density at radius 1 is 1.29 bits per heavy atom. The number of benzene rings is 1. The molecule has 1 fully saturated rings. The summed E-state index contributed by atoms with van der Waals surface area (Å²) in [5.74, 6) is -1.96. The van der Waals surface area contributed by atoms with Gasteiger partial charge in [0.2, 0.25) is 0 Å². The number of aromatic nitrogens is 2. The molecule has 1 aromatic carbocycles. The quantitative estimate of drug-likeness (QED) is 0.325. The number of nitrogens with zero attached hydrogens (tertiary/aromatic N) is 4. The number of nitrogens with two attached hydrogens (primary N) is 3. The molecule has 164 valence electrons. The number of amides is 1. The maximum atomic E-state index is 12.4. The standard InChI is InChI=1S/C19H23ClN8O3/c20-14-16(22)26-15(21)13(25-14)17(29)27-19(23)24-12-5-2-6-28(9-12)8-10-3-1-4-11(7-10)18(30)31/h1,3-4,7,12H,2,5-6,8-9H2,(H,30,31)(H4,21,22,26)(H3,23,24,27,29)/t12-/m0/s1. The average Bonchev–Trinajstić information content (AvgIpc) is 2.71. The summed E-state index contributed by atoms with van der Waals surface area (Å²) in [6, 6.07) is 6.70. The van der Waals surface area contributed by atoms with Crippen LogP contribution in [-0.2, 0) is 6.54 Å². The minimum Gasteiger partial charge on any atom is -0.478 e. The van der Waals surface area contributed by atoms with E-state index in [4.69, 9.17) is 33.9 Å². The van der Waals surface area contributed by atoms with E-state index in [0.717, 1.165) is 24.9 Å². The van der Waals surface area contributed by atoms with Crippen molar-refractivity contribution in [3.63, 3.8) is 0 Å². The number of anilines is 2. The minimum absolute atomic E-state index is 0.0705. The highest BCUT2D eigenvalue weighted by molar-refractivity contribution is 6.31. The Bertz CT molecular complexity index is 1030. The SMILES string of the molecule is NC(=N[C@H]1CCCN(Cc2cccc(C(=O)O)c2)C1)NC(=O)c1nc(Cl)c(N)nc1N. The monoisotopic (exact) mass is 446 g/mol. The molecular weight excluding hydrogens is 424 g/mol. The molecule has 1 aromatic heterocycles. The van der Waals surface area contributed by atoms with Gasteiger partial charge in [0.1, 0.15) is 0 Å². The number of aliphatic imine (C=N–C) groups is 1. The van der Waals surface area contributed by atoms with Gasteiger partial charge in [-0.15, -0.1) is 0 Å². The zero-order chi connectivity index (χ0) is 22.5. The van der Waals surface area contributed by atoms with Gasteiger partial charge in [-0.1, -0.05) is 23.7 Å². The number of carboxylic acid groups (broad SMARTS) is 1. The first-order valence-corrected chi connectivity index (χ1v) is 9.88. The minimum atomic E-state index is -0.959. The van der Waals surface area contributed by atoms with Crippen LogP contribution in [0, 0.1) is 0 Å². The van der Waals surface area contributed by atoms with Crippen molar-refractivity contribution in [2.75, 3.05) is 24.6 Å². The van der Waals surface area contributed by atoms with Crippen LogP contribution in [0.5, 0.6) is 0 Å². The molecule has 11 nitrogen and oxygen atoms in total. The second-order valence-corrected chi connectivity index (χ2v) is 7.50. The number of nitrogen functional groups attached to an aromatic ring is 2. The third-order valence-corrected chi connectivity index (χ3v) is 5.02. The summed E-state index contributed by atoms with van der Waals surface area (Å²) in [4.78, 5) is 37.7. The highest BCUT2D eigenvalue weighted by Gasteiger charge is 2.21. The number of guanidine groups is 1. The van der Waals surface area contributed by atoms with E-state index >= 15 is 0 Å². The highest BCUT2D eigenvalue weighted by Crippen LogP contribution is 2.18.